The third-order valence-corrected chi connectivity index (χ3v) is 3.35. The second-order valence-corrected chi connectivity index (χ2v) is 4.53. The second kappa shape index (κ2) is 5.99. The zero-order valence-electron chi connectivity index (χ0n) is 11.9. The van der Waals surface area contributed by atoms with Crippen molar-refractivity contribution < 1.29 is 9.53 Å². The normalized spacial score (nSPS) is 16.5. The fourth-order valence-electron chi connectivity index (χ4n) is 2.53. The lowest BCUT2D eigenvalue weighted by Crippen LogP contribution is -2.18. The first kappa shape index (κ1) is 13.8. The number of aryl methyl sites for hydroxylation is 1. The quantitative estimate of drug-likeness (QED) is 0.781. The number of esters is 1. The fraction of sp³-hybridized carbons (Fsp3) is 0.643. The minimum Gasteiger partial charge on any atom is -0.461 e. The maximum Gasteiger partial charge on any atom is 0.359 e. The van der Waals surface area contributed by atoms with Crippen LogP contribution in [0.5, 0.6) is 0 Å². The van der Waals surface area contributed by atoms with Crippen LogP contribution in [0.25, 0.3) is 0 Å². The van der Waals surface area contributed by atoms with Gasteiger partial charge >= 0.3 is 5.97 Å². The molecule has 1 aromatic rings. The summed E-state index contributed by atoms with van der Waals surface area (Å²) in [5, 5.41) is 4.41. The van der Waals surface area contributed by atoms with Crippen molar-refractivity contribution in [2.24, 2.45) is 4.99 Å². The van der Waals surface area contributed by atoms with E-state index in [0.29, 0.717) is 12.3 Å². The molecular formula is C14H21N3O2. The van der Waals surface area contributed by atoms with Gasteiger partial charge in [-0.1, -0.05) is 0 Å². The lowest BCUT2D eigenvalue weighted by molar-refractivity contribution is 0.0517. The fourth-order valence-corrected chi connectivity index (χ4v) is 2.53. The Morgan fingerprint density at radius 2 is 2.16 bits per heavy atom. The molecule has 0 aromatic carbocycles. The molecule has 0 amide bonds. The Kier molecular flexibility index (Phi) is 4.35. The first-order valence-electron chi connectivity index (χ1n) is 6.99. The van der Waals surface area contributed by atoms with Gasteiger partial charge in [-0.25, -0.2) is 4.79 Å². The van der Waals surface area contributed by atoms with Crippen LogP contribution >= 0.6 is 0 Å². The second-order valence-electron chi connectivity index (χ2n) is 4.53. The highest BCUT2D eigenvalue weighted by Crippen LogP contribution is 2.24. The summed E-state index contributed by atoms with van der Waals surface area (Å²) >= 11 is 0. The minimum atomic E-state index is -0.304. The van der Waals surface area contributed by atoms with Crippen molar-refractivity contribution in [1.82, 2.24) is 9.78 Å². The number of fused-ring (bicyclic) bond motifs is 1. The van der Waals surface area contributed by atoms with Crippen LogP contribution in [-0.4, -0.2) is 34.6 Å². The van der Waals surface area contributed by atoms with E-state index in [-0.39, 0.29) is 5.97 Å². The molecule has 0 spiro atoms. The van der Waals surface area contributed by atoms with Crippen LogP contribution in [0.4, 0.5) is 0 Å². The van der Waals surface area contributed by atoms with Crippen LogP contribution in [0.15, 0.2) is 4.99 Å². The third-order valence-electron chi connectivity index (χ3n) is 3.35. The first-order chi connectivity index (χ1) is 9.21. The summed E-state index contributed by atoms with van der Waals surface area (Å²) in [6.07, 6.45) is 2.56. The Bertz CT molecular complexity index is 503. The highest BCUT2D eigenvalue weighted by Gasteiger charge is 2.27. The van der Waals surface area contributed by atoms with Crippen LogP contribution in [0, 0.1) is 0 Å². The largest absolute Gasteiger partial charge is 0.461 e. The minimum absolute atomic E-state index is 0.304. The van der Waals surface area contributed by atoms with Crippen molar-refractivity contribution in [3.05, 3.63) is 17.0 Å². The number of hydrogen-bond acceptors (Lipinski definition) is 4. The van der Waals surface area contributed by atoms with Crippen LogP contribution in [0.3, 0.4) is 0 Å². The van der Waals surface area contributed by atoms with Gasteiger partial charge in [-0.2, -0.15) is 5.10 Å². The van der Waals surface area contributed by atoms with Gasteiger partial charge in [0, 0.05) is 36.5 Å². The lowest BCUT2D eigenvalue weighted by atomic mass is 9.94. The lowest BCUT2D eigenvalue weighted by Gasteiger charge is -2.16. The molecule has 2 rings (SSSR count). The van der Waals surface area contributed by atoms with Crippen molar-refractivity contribution in [2.75, 3.05) is 13.2 Å². The number of carbonyl (C=O) groups excluding carboxylic acids is 1. The van der Waals surface area contributed by atoms with E-state index >= 15 is 0 Å². The topological polar surface area (TPSA) is 56.5 Å². The Hall–Kier alpha value is -1.65. The van der Waals surface area contributed by atoms with Crippen molar-refractivity contribution in [2.45, 2.75) is 46.6 Å². The molecule has 0 atom stereocenters. The molecule has 1 aliphatic rings. The molecule has 0 N–H and O–H groups in total. The maximum absolute atomic E-state index is 11.9. The molecule has 1 aliphatic carbocycles. The standard InChI is InChI=1S/C14H21N3O2/c1-4-15-10-7-8-11-12(9-10)17(5-2)16-13(11)14(18)19-6-3/h4-9H2,1-3H3. The Morgan fingerprint density at radius 3 is 2.79 bits per heavy atom. The van der Waals surface area contributed by atoms with Gasteiger partial charge in [0.05, 0.1) is 6.61 Å². The van der Waals surface area contributed by atoms with Crippen LogP contribution in [0.2, 0.25) is 0 Å². The zero-order chi connectivity index (χ0) is 13.8. The summed E-state index contributed by atoms with van der Waals surface area (Å²) in [4.78, 5) is 16.4. The smallest absolute Gasteiger partial charge is 0.359 e. The van der Waals surface area contributed by atoms with Crippen molar-refractivity contribution in [3.8, 4) is 0 Å². The molecular weight excluding hydrogens is 242 g/mol. The van der Waals surface area contributed by atoms with Gasteiger partial charge in [0.15, 0.2) is 5.69 Å². The van der Waals surface area contributed by atoms with Crippen molar-refractivity contribution in [3.63, 3.8) is 0 Å². The molecule has 104 valence electrons. The van der Waals surface area contributed by atoms with Crippen LogP contribution in [-0.2, 0) is 24.1 Å². The van der Waals surface area contributed by atoms with Gasteiger partial charge < -0.3 is 4.74 Å². The van der Waals surface area contributed by atoms with E-state index in [0.717, 1.165) is 43.6 Å². The molecule has 1 heterocycles. The van der Waals surface area contributed by atoms with Gasteiger partial charge in [0.1, 0.15) is 0 Å². The zero-order valence-corrected chi connectivity index (χ0v) is 11.9. The van der Waals surface area contributed by atoms with Gasteiger partial charge in [0.2, 0.25) is 0 Å². The molecule has 0 saturated carbocycles. The number of aromatic nitrogens is 2. The van der Waals surface area contributed by atoms with E-state index in [1.54, 1.807) is 0 Å². The predicted molar refractivity (Wildman–Crippen MR) is 73.9 cm³/mol. The number of nitrogens with zero attached hydrogens (tertiary/aromatic N) is 3. The van der Waals surface area contributed by atoms with Gasteiger partial charge in [-0.15, -0.1) is 0 Å². The molecule has 1 aromatic heterocycles. The summed E-state index contributed by atoms with van der Waals surface area (Å²) in [6.45, 7) is 7.86. The highest BCUT2D eigenvalue weighted by atomic mass is 16.5. The summed E-state index contributed by atoms with van der Waals surface area (Å²) in [6, 6.07) is 0. The summed E-state index contributed by atoms with van der Waals surface area (Å²) in [7, 11) is 0. The number of carbonyl (C=O) groups is 1. The molecule has 0 aliphatic heterocycles. The van der Waals surface area contributed by atoms with E-state index < -0.39 is 0 Å². The number of ether oxygens (including phenoxy) is 1. The summed E-state index contributed by atoms with van der Waals surface area (Å²) in [5.41, 5.74) is 3.88. The van der Waals surface area contributed by atoms with Gasteiger partial charge in [-0.05, 0) is 33.6 Å². The van der Waals surface area contributed by atoms with Crippen LogP contribution < -0.4 is 0 Å². The molecule has 0 radical (unpaired) electrons. The van der Waals surface area contributed by atoms with Crippen molar-refractivity contribution in [1.29, 1.82) is 0 Å². The number of rotatable bonds is 4. The van der Waals surface area contributed by atoms with E-state index in [4.69, 9.17) is 4.74 Å². The highest BCUT2D eigenvalue weighted by molar-refractivity contribution is 5.93. The molecule has 5 heteroatoms. The Labute approximate surface area is 113 Å². The molecule has 19 heavy (non-hydrogen) atoms. The van der Waals surface area contributed by atoms with E-state index in [1.807, 2.05) is 25.5 Å². The molecule has 5 nitrogen and oxygen atoms in total. The Morgan fingerprint density at radius 1 is 1.37 bits per heavy atom. The summed E-state index contributed by atoms with van der Waals surface area (Å²) < 4.78 is 6.99. The number of aliphatic imine (C=N–C) groups is 1. The van der Waals surface area contributed by atoms with E-state index in [2.05, 4.69) is 10.1 Å². The SMILES string of the molecule is CCN=C1CCc2c(C(=O)OCC)nn(CC)c2C1. The van der Waals surface area contributed by atoms with Gasteiger partial charge in [-0.3, -0.25) is 9.67 Å². The maximum atomic E-state index is 11.9. The van der Waals surface area contributed by atoms with E-state index in [9.17, 15) is 4.79 Å². The Balaban J connectivity index is 2.36. The third kappa shape index (κ3) is 2.69. The van der Waals surface area contributed by atoms with E-state index in [1.165, 1.54) is 5.71 Å². The summed E-state index contributed by atoms with van der Waals surface area (Å²) in [5.74, 6) is -0.304. The predicted octanol–water partition coefficient (Wildman–Crippen LogP) is 2.03. The molecule has 0 unspecified atom stereocenters. The molecule has 0 fully saturated rings. The molecule has 0 saturated heterocycles. The average Bonchev–Trinajstić information content (AvgIpc) is 2.77. The molecule has 0 bridgehead atoms. The van der Waals surface area contributed by atoms with Crippen LogP contribution in [0.1, 0.15) is 48.9 Å². The monoisotopic (exact) mass is 263 g/mol. The number of hydrogen-bond donors (Lipinski definition) is 0. The van der Waals surface area contributed by atoms with Crippen molar-refractivity contribution >= 4 is 11.7 Å². The average molecular weight is 263 g/mol. The first-order valence-corrected chi connectivity index (χ1v) is 6.99. The van der Waals surface area contributed by atoms with Gasteiger partial charge in [0.25, 0.3) is 0 Å².